The molecule has 0 radical (unpaired) electrons. The minimum atomic E-state index is -0.140. The van der Waals surface area contributed by atoms with Gasteiger partial charge in [-0.25, -0.2) is 0 Å². The Kier molecular flexibility index (Phi) is 5.25. The summed E-state index contributed by atoms with van der Waals surface area (Å²) in [5.41, 5.74) is 0. The molecule has 3 N–H and O–H groups in total. The van der Waals surface area contributed by atoms with Gasteiger partial charge in [0.25, 0.3) is 0 Å². The van der Waals surface area contributed by atoms with Gasteiger partial charge >= 0.3 is 0 Å². The summed E-state index contributed by atoms with van der Waals surface area (Å²) < 4.78 is 0. The zero-order chi connectivity index (χ0) is 12.0. The molecule has 1 aliphatic rings. The van der Waals surface area contributed by atoms with Crippen LogP contribution in [0.15, 0.2) is 0 Å². The van der Waals surface area contributed by atoms with Crippen LogP contribution in [0.4, 0.5) is 0 Å². The van der Waals surface area contributed by atoms with Crippen molar-refractivity contribution in [1.29, 1.82) is 0 Å². The van der Waals surface area contributed by atoms with E-state index < -0.39 is 0 Å². The van der Waals surface area contributed by atoms with E-state index >= 15 is 0 Å². The van der Waals surface area contributed by atoms with Crippen LogP contribution in [0.3, 0.4) is 0 Å². The van der Waals surface area contributed by atoms with Crippen molar-refractivity contribution in [2.45, 2.75) is 45.2 Å². The molecule has 0 aromatic heterocycles. The van der Waals surface area contributed by atoms with Crippen LogP contribution in [-0.2, 0) is 9.59 Å². The Balaban J connectivity index is 2.21. The number of carbonyl (C=O) groups is 2. The number of rotatable bonds is 4. The largest absolute Gasteiger partial charge is 0.352 e. The highest BCUT2D eigenvalue weighted by Gasteiger charge is 2.20. The van der Waals surface area contributed by atoms with E-state index in [0.29, 0.717) is 0 Å². The molecule has 1 saturated heterocycles. The van der Waals surface area contributed by atoms with Crippen molar-refractivity contribution >= 4 is 11.8 Å². The van der Waals surface area contributed by atoms with E-state index in [9.17, 15) is 9.59 Å². The van der Waals surface area contributed by atoms with Gasteiger partial charge in [0.2, 0.25) is 11.8 Å². The van der Waals surface area contributed by atoms with Gasteiger partial charge in [0.15, 0.2) is 0 Å². The molecule has 1 heterocycles. The molecule has 1 rings (SSSR count). The Bertz CT molecular complexity index is 248. The van der Waals surface area contributed by atoms with Crippen LogP contribution in [0.5, 0.6) is 0 Å². The Labute approximate surface area is 96.4 Å². The summed E-state index contributed by atoms with van der Waals surface area (Å²) in [5.74, 6) is -0.210. The molecule has 2 amide bonds. The maximum absolute atomic E-state index is 11.6. The molecule has 5 heteroatoms. The van der Waals surface area contributed by atoms with E-state index in [1.54, 1.807) is 0 Å². The second-order valence-corrected chi connectivity index (χ2v) is 4.44. The van der Waals surface area contributed by atoms with Gasteiger partial charge in [-0.15, -0.1) is 0 Å². The predicted octanol–water partition coefficient (Wildman–Crippen LogP) is -0.231. The topological polar surface area (TPSA) is 70.2 Å². The van der Waals surface area contributed by atoms with Crippen LogP contribution in [0, 0.1) is 0 Å². The third-order valence-electron chi connectivity index (χ3n) is 2.50. The zero-order valence-electron chi connectivity index (χ0n) is 10.0. The van der Waals surface area contributed by atoms with Crippen LogP contribution >= 0.6 is 0 Å². The molecule has 0 aromatic carbocycles. The van der Waals surface area contributed by atoms with Gasteiger partial charge < -0.3 is 16.0 Å². The van der Waals surface area contributed by atoms with Crippen LogP contribution < -0.4 is 16.0 Å². The molecule has 1 atom stereocenters. The first-order chi connectivity index (χ1) is 7.59. The lowest BCUT2D eigenvalue weighted by molar-refractivity contribution is -0.127. The first kappa shape index (κ1) is 13.0. The summed E-state index contributed by atoms with van der Waals surface area (Å²) in [6.07, 6.45) is 3.05. The third-order valence-corrected chi connectivity index (χ3v) is 2.50. The second kappa shape index (κ2) is 6.48. The highest BCUT2D eigenvalue weighted by atomic mass is 16.2. The predicted molar refractivity (Wildman–Crippen MR) is 61.9 cm³/mol. The lowest BCUT2D eigenvalue weighted by atomic mass is 10.0. The highest BCUT2D eigenvalue weighted by Crippen LogP contribution is 2.06. The fraction of sp³-hybridized carbons (Fsp3) is 0.818. The molecular formula is C11H21N3O2. The number of nitrogens with one attached hydrogen (secondary N) is 3. The minimum Gasteiger partial charge on any atom is -0.352 e. The molecule has 1 aliphatic heterocycles. The van der Waals surface area contributed by atoms with Crippen LogP contribution in [-0.4, -0.2) is 37.0 Å². The van der Waals surface area contributed by atoms with Crippen LogP contribution in [0.25, 0.3) is 0 Å². The van der Waals surface area contributed by atoms with Gasteiger partial charge in [0, 0.05) is 6.04 Å². The van der Waals surface area contributed by atoms with Crippen molar-refractivity contribution in [3.8, 4) is 0 Å². The minimum absolute atomic E-state index is 0.0647. The first-order valence-electron chi connectivity index (χ1n) is 5.90. The Hall–Kier alpha value is -1.10. The molecule has 0 aromatic rings. The molecule has 92 valence electrons. The quantitative estimate of drug-likeness (QED) is 0.621. The third kappa shape index (κ3) is 4.61. The lowest BCUT2D eigenvalue weighted by Gasteiger charge is -2.22. The summed E-state index contributed by atoms with van der Waals surface area (Å²) in [6.45, 7) is 4.73. The van der Waals surface area contributed by atoms with E-state index in [0.717, 1.165) is 25.8 Å². The summed E-state index contributed by atoms with van der Waals surface area (Å²) in [6, 6.07) is -0.0159. The standard InChI is InChI=1S/C11H21N3O2/c1-8(2)14-10(15)7-13-11(16)9-5-3-4-6-12-9/h8-9,12H,3-7H2,1-2H3,(H,13,16)(H,14,15). The highest BCUT2D eigenvalue weighted by molar-refractivity contribution is 5.87. The smallest absolute Gasteiger partial charge is 0.239 e. The molecule has 5 nitrogen and oxygen atoms in total. The Morgan fingerprint density at radius 3 is 2.69 bits per heavy atom. The van der Waals surface area contributed by atoms with Gasteiger partial charge in [-0.05, 0) is 33.2 Å². The molecule has 1 fully saturated rings. The van der Waals surface area contributed by atoms with Crippen molar-refractivity contribution in [2.24, 2.45) is 0 Å². The van der Waals surface area contributed by atoms with Crippen molar-refractivity contribution in [3.63, 3.8) is 0 Å². The fourth-order valence-electron chi connectivity index (χ4n) is 1.74. The molecule has 0 aliphatic carbocycles. The van der Waals surface area contributed by atoms with Gasteiger partial charge in [-0.1, -0.05) is 6.42 Å². The van der Waals surface area contributed by atoms with E-state index in [-0.39, 0.29) is 30.4 Å². The average molecular weight is 227 g/mol. The van der Waals surface area contributed by atoms with E-state index in [4.69, 9.17) is 0 Å². The Morgan fingerprint density at radius 1 is 1.38 bits per heavy atom. The number of carbonyl (C=O) groups excluding carboxylic acids is 2. The van der Waals surface area contributed by atoms with Gasteiger partial charge in [0.05, 0.1) is 12.6 Å². The van der Waals surface area contributed by atoms with Crippen molar-refractivity contribution in [1.82, 2.24) is 16.0 Å². The zero-order valence-corrected chi connectivity index (χ0v) is 10.0. The summed E-state index contributed by atoms with van der Waals surface area (Å²) >= 11 is 0. The number of hydrogen-bond donors (Lipinski definition) is 3. The SMILES string of the molecule is CC(C)NC(=O)CNC(=O)C1CCCCN1. The molecule has 1 unspecified atom stereocenters. The normalized spacial score (nSPS) is 20.6. The molecular weight excluding hydrogens is 206 g/mol. The first-order valence-corrected chi connectivity index (χ1v) is 5.90. The fourth-order valence-corrected chi connectivity index (χ4v) is 1.74. The molecule has 16 heavy (non-hydrogen) atoms. The lowest BCUT2D eigenvalue weighted by Crippen LogP contribution is -2.49. The number of hydrogen-bond acceptors (Lipinski definition) is 3. The molecule has 0 bridgehead atoms. The van der Waals surface area contributed by atoms with Crippen molar-refractivity contribution in [3.05, 3.63) is 0 Å². The summed E-state index contributed by atoms with van der Waals surface area (Å²) in [7, 11) is 0. The maximum atomic E-state index is 11.6. The molecule has 0 saturated carbocycles. The van der Waals surface area contributed by atoms with E-state index in [1.165, 1.54) is 0 Å². The van der Waals surface area contributed by atoms with E-state index in [2.05, 4.69) is 16.0 Å². The van der Waals surface area contributed by atoms with Crippen molar-refractivity contribution in [2.75, 3.05) is 13.1 Å². The van der Waals surface area contributed by atoms with Crippen LogP contribution in [0.2, 0.25) is 0 Å². The van der Waals surface area contributed by atoms with Gasteiger partial charge in [-0.2, -0.15) is 0 Å². The van der Waals surface area contributed by atoms with E-state index in [1.807, 2.05) is 13.8 Å². The monoisotopic (exact) mass is 227 g/mol. The summed E-state index contributed by atoms with van der Waals surface area (Å²) in [4.78, 5) is 22.9. The van der Waals surface area contributed by atoms with Crippen molar-refractivity contribution < 1.29 is 9.59 Å². The van der Waals surface area contributed by atoms with Crippen LogP contribution in [0.1, 0.15) is 33.1 Å². The summed E-state index contributed by atoms with van der Waals surface area (Å²) in [5, 5.41) is 8.51. The van der Waals surface area contributed by atoms with Gasteiger partial charge in [0.1, 0.15) is 0 Å². The Morgan fingerprint density at radius 2 is 2.12 bits per heavy atom. The molecule has 0 spiro atoms. The maximum Gasteiger partial charge on any atom is 0.239 e. The second-order valence-electron chi connectivity index (χ2n) is 4.44. The average Bonchev–Trinajstić information content (AvgIpc) is 2.26. The number of piperidine rings is 1. The van der Waals surface area contributed by atoms with Gasteiger partial charge in [-0.3, -0.25) is 9.59 Å². The number of amides is 2.